The Morgan fingerprint density at radius 3 is 2.32 bits per heavy atom. The first-order valence-corrected chi connectivity index (χ1v) is 7.85. The number of rotatable bonds is 3. The van der Waals surface area contributed by atoms with Crippen LogP contribution >= 0.6 is 0 Å². The van der Waals surface area contributed by atoms with Crippen molar-refractivity contribution < 1.29 is 9.59 Å². The first-order valence-electron chi connectivity index (χ1n) is 7.85. The number of carbonyl (C=O) groups excluding carboxylic acids is 2. The monoisotopic (exact) mass is 302 g/mol. The lowest BCUT2D eigenvalue weighted by atomic mass is 9.85. The normalized spacial score (nSPS) is 27.0. The quantitative estimate of drug-likeness (QED) is 0.688. The van der Waals surface area contributed by atoms with E-state index in [9.17, 15) is 9.59 Å². The highest BCUT2D eigenvalue weighted by molar-refractivity contribution is 5.95. The minimum atomic E-state index is -0.602. The van der Waals surface area contributed by atoms with Crippen LogP contribution < -0.4 is 21.7 Å². The van der Waals surface area contributed by atoms with Gasteiger partial charge in [-0.2, -0.15) is 0 Å². The van der Waals surface area contributed by atoms with E-state index in [2.05, 4.69) is 16.0 Å². The number of anilines is 2. The molecule has 2 aliphatic rings. The second-order valence-corrected chi connectivity index (χ2v) is 6.16. The molecule has 118 valence electrons. The molecule has 1 aliphatic carbocycles. The number of amides is 3. The molecule has 1 aliphatic heterocycles. The van der Waals surface area contributed by atoms with Gasteiger partial charge in [0, 0.05) is 17.4 Å². The summed E-state index contributed by atoms with van der Waals surface area (Å²) in [5.74, 6) is 0.664. The predicted octanol–water partition coefficient (Wildman–Crippen LogP) is 2.04. The lowest BCUT2D eigenvalue weighted by Gasteiger charge is -2.24. The SMILES string of the molecule is NC(=O)Nc1ccc(NC(=O)C2CC3CCCCC3N2)cc1. The van der Waals surface area contributed by atoms with Crippen LogP contribution in [0.3, 0.4) is 0 Å². The molecule has 3 amide bonds. The predicted molar refractivity (Wildman–Crippen MR) is 85.6 cm³/mol. The smallest absolute Gasteiger partial charge is 0.316 e. The molecule has 0 spiro atoms. The number of benzene rings is 1. The highest BCUT2D eigenvalue weighted by Crippen LogP contribution is 2.33. The van der Waals surface area contributed by atoms with E-state index < -0.39 is 6.03 Å². The number of primary amides is 1. The molecule has 22 heavy (non-hydrogen) atoms. The third-order valence-corrected chi connectivity index (χ3v) is 4.60. The van der Waals surface area contributed by atoms with Gasteiger partial charge in [-0.1, -0.05) is 12.8 Å². The number of fused-ring (bicyclic) bond motifs is 1. The van der Waals surface area contributed by atoms with Crippen LogP contribution in [0, 0.1) is 5.92 Å². The van der Waals surface area contributed by atoms with Crippen molar-refractivity contribution in [1.29, 1.82) is 0 Å². The zero-order valence-corrected chi connectivity index (χ0v) is 12.5. The lowest BCUT2D eigenvalue weighted by Crippen LogP contribution is -2.39. The maximum Gasteiger partial charge on any atom is 0.316 e. The van der Waals surface area contributed by atoms with Crippen LogP contribution in [0.1, 0.15) is 32.1 Å². The Labute approximate surface area is 129 Å². The van der Waals surface area contributed by atoms with Crippen LogP contribution in [0.2, 0.25) is 0 Å². The molecule has 6 nitrogen and oxygen atoms in total. The molecule has 0 bridgehead atoms. The summed E-state index contributed by atoms with van der Waals surface area (Å²) in [5, 5.41) is 8.88. The van der Waals surface area contributed by atoms with Crippen molar-refractivity contribution in [1.82, 2.24) is 5.32 Å². The van der Waals surface area contributed by atoms with Gasteiger partial charge in [0.25, 0.3) is 0 Å². The van der Waals surface area contributed by atoms with Gasteiger partial charge in [0.05, 0.1) is 6.04 Å². The molecule has 1 aromatic rings. The Kier molecular flexibility index (Phi) is 4.29. The molecule has 3 rings (SSSR count). The van der Waals surface area contributed by atoms with Gasteiger partial charge in [-0.3, -0.25) is 4.79 Å². The minimum absolute atomic E-state index is 0.0185. The van der Waals surface area contributed by atoms with Crippen molar-refractivity contribution >= 4 is 23.3 Å². The van der Waals surface area contributed by atoms with Gasteiger partial charge in [-0.05, 0) is 49.4 Å². The van der Waals surface area contributed by atoms with Crippen molar-refractivity contribution in [3.8, 4) is 0 Å². The fraction of sp³-hybridized carbons (Fsp3) is 0.500. The number of urea groups is 1. The third-order valence-electron chi connectivity index (χ3n) is 4.60. The topological polar surface area (TPSA) is 96.2 Å². The molecule has 3 unspecified atom stereocenters. The second kappa shape index (κ2) is 6.36. The summed E-state index contributed by atoms with van der Waals surface area (Å²) in [4.78, 5) is 23.1. The Morgan fingerprint density at radius 2 is 1.68 bits per heavy atom. The van der Waals surface area contributed by atoms with E-state index in [0.29, 0.717) is 17.6 Å². The van der Waals surface area contributed by atoms with Crippen molar-refractivity contribution in [3.63, 3.8) is 0 Å². The van der Waals surface area contributed by atoms with E-state index in [4.69, 9.17) is 5.73 Å². The molecule has 1 aromatic carbocycles. The van der Waals surface area contributed by atoms with Crippen molar-refractivity contribution in [3.05, 3.63) is 24.3 Å². The van der Waals surface area contributed by atoms with Crippen LogP contribution in [-0.4, -0.2) is 24.0 Å². The number of carbonyl (C=O) groups is 2. The summed E-state index contributed by atoms with van der Waals surface area (Å²) in [7, 11) is 0. The molecule has 3 atom stereocenters. The Balaban J connectivity index is 1.56. The summed E-state index contributed by atoms with van der Waals surface area (Å²) >= 11 is 0. The Hall–Kier alpha value is -2.08. The van der Waals surface area contributed by atoms with Gasteiger partial charge in [0.2, 0.25) is 5.91 Å². The highest BCUT2D eigenvalue weighted by atomic mass is 16.2. The van der Waals surface area contributed by atoms with E-state index in [1.165, 1.54) is 25.7 Å². The molecule has 0 aromatic heterocycles. The molecule has 1 saturated heterocycles. The van der Waals surface area contributed by atoms with Crippen LogP contribution in [0.5, 0.6) is 0 Å². The molecule has 6 heteroatoms. The standard InChI is InChI=1S/C16H22N4O2/c17-16(22)19-12-7-5-11(6-8-12)18-15(21)14-9-10-3-1-2-4-13(10)20-14/h5-8,10,13-14,20H,1-4,9H2,(H,18,21)(H3,17,19,22). The fourth-order valence-corrected chi connectivity index (χ4v) is 3.53. The maximum absolute atomic E-state index is 12.4. The fourth-order valence-electron chi connectivity index (χ4n) is 3.53. The highest BCUT2D eigenvalue weighted by Gasteiger charge is 2.38. The number of nitrogens with two attached hydrogens (primary N) is 1. The molecule has 5 N–H and O–H groups in total. The van der Waals surface area contributed by atoms with Gasteiger partial charge < -0.3 is 21.7 Å². The van der Waals surface area contributed by atoms with Gasteiger partial charge in [-0.25, -0.2) is 4.79 Å². The van der Waals surface area contributed by atoms with E-state index in [0.717, 1.165) is 12.1 Å². The number of hydrogen-bond donors (Lipinski definition) is 4. The van der Waals surface area contributed by atoms with Gasteiger partial charge in [0.1, 0.15) is 0 Å². The molecule has 2 fully saturated rings. The Bertz CT molecular complexity index is 544. The van der Waals surface area contributed by atoms with Crippen molar-refractivity contribution in [2.24, 2.45) is 11.7 Å². The number of hydrogen-bond acceptors (Lipinski definition) is 3. The van der Waals surface area contributed by atoms with Gasteiger partial charge >= 0.3 is 6.03 Å². The average Bonchev–Trinajstić information content (AvgIpc) is 2.93. The summed E-state index contributed by atoms with van der Waals surface area (Å²) in [6.45, 7) is 0. The minimum Gasteiger partial charge on any atom is -0.351 e. The second-order valence-electron chi connectivity index (χ2n) is 6.16. The Morgan fingerprint density at radius 1 is 1.05 bits per heavy atom. The first kappa shape index (κ1) is 14.8. The van der Waals surface area contributed by atoms with Crippen molar-refractivity contribution in [2.75, 3.05) is 10.6 Å². The van der Waals surface area contributed by atoms with E-state index >= 15 is 0 Å². The maximum atomic E-state index is 12.4. The molecular formula is C16H22N4O2. The summed E-state index contributed by atoms with van der Waals surface area (Å²) in [6.07, 6.45) is 5.89. The summed E-state index contributed by atoms with van der Waals surface area (Å²) in [6, 6.07) is 6.73. The summed E-state index contributed by atoms with van der Waals surface area (Å²) in [5.41, 5.74) is 6.38. The van der Waals surface area contributed by atoms with E-state index in [-0.39, 0.29) is 11.9 Å². The lowest BCUT2D eigenvalue weighted by molar-refractivity contribution is -0.117. The van der Waals surface area contributed by atoms with Crippen LogP contribution in [0.4, 0.5) is 16.2 Å². The largest absolute Gasteiger partial charge is 0.351 e. The molecular weight excluding hydrogens is 280 g/mol. The number of nitrogens with one attached hydrogen (secondary N) is 3. The zero-order chi connectivity index (χ0) is 15.5. The van der Waals surface area contributed by atoms with Crippen molar-refractivity contribution in [2.45, 2.75) is 44.2 Å². The van der Waals surface area contributed by atoms with Crippen LogP contribution in [-0.2, 0) is 4.79 Å². The van der Waals surface area contributed by atoms with E-state index in [1.807, 2.05) is 0 Å². The average molecular weight is 302 g/mol. The van der Waals surface area contributed by atoms with Crippen LogP contribution in [0.25, 0.3) is 0 Å². The molecule has 1 heterocycles. The molecule has 1 saturated carbocycles. The van der Waals surface area contributed by atoms with Gasteiger partial charge in [0.15, 0.2) is 0 Å². The van der Waals surface area contributed by atoms with Crippen LogP contribution in [0.15, 0.2) is 24.3 Å². The van der Waals surface area contributed by atoms with E-state index in [1.54, 1.807) is 24.3 Å². The first-order chi connectivity index (χ1) is 10.6. The summed E-state index contributed by atoms with van der Waals surface area (Å²) < 4.78 is 0. The third kappa shape index (κ3) is 3.39. The van der Waals surface area contributed by atoms with Gasteiger partial charge in [-0.15, -0.1) is 0 Å². The zero-order valence-electron chi connectivity index (χ0n) is 12.5. The molecule has 0 radical (unpaired) electrons.